The minimum absolute atomic E-state index is 0.0397. The Kier molecular flexibility index (Phi) is 5.29. The molecule has 2 rings (SSSR count). The summed E-state index contributed by atoms with van der Waals surface area (Å²) in [6.07, 6.45) is 0.939. The van der Waals surface area contributed by atoms with Gasteiger partial charge in [0.05, 0.1) is 0 Å². The third-order valence-electron chi connectivity index (χ3n) is 3.21. The minimum atomic E-state index is 0.0397. The van der Waals surface area contributed by atoms with Crippen LogP contribution in [-0.2, 0) is 0 Å². The number of carbonyl (C=O) groups excluding carboxylic acids is 1. The van der Waals surface area contributed by atoms with Gasteiger partial charge in [0.25, 0.3) is 5.91 Å². The zero-order valence-electron chi connectivity index (χ0n) is 11.9. The second-order valence-corrected chi connectivity index (χ2v) is 5.79. The third-order valence-corrected chi connectivity index (χ3v) is 3.77. The maximum absolute atomic E-state index is 12.6. The van der Waals surface area contributed by atoms with Gasteiger partial charge in [0.2, 0.25) is 0 Å². The van der Waals surface area contributed by atoms with Gasteiger partial charge in [-0.1, -0.05) is 15.9 Å². The van der Waals surface area contributed by atoms with E-state index in [1.54, 1.807) is 12.1 Å². The number of hydrogen-bond donors (Lipinski definition) is 0. The van der Waals surface area contributed by atoms with Crippen molar-refractivity contribution >= 4 is 21.8 Å². The number of ether oxygens (including phenoxy) is 2. The fourth-order valence-electron chi connectivity index (χ4n) is 2.17. The molecule has 0 bridgehead atoms. The van der Waals surface area contributed by atoms with Crippen molar-refractivity contribution in [1.29, 1.82) is 0 Å². The lowest BCUT2D eigenvalue weighted by Crippen LogP contribution is -2.38. The van der Waals surface area contributed by atoms with Gasteiger partial charge in [0.1, 0.15) is 13.2 Å². The standard InChI is InChI=1S/C15H20BrNO3/c1-11(2)17(7-3-6-16)15(18)12-4-5-13-14(10-12)20-9-8-19-13/h4-5,10-11H,3,6-9H2,1-2H3. The van der Waals surface area contributed by atoms with Crippen LogP contribution in [0.4, 0.5) is 0 Å². The van der Waals surface area contributed by atoms with Crippen LogP contribution >= 0.6 is 15.9 Å². The Hall–Kier alpha value is -1.23. The quantitative estimate of drug-likeness (QED) is 0.772. The third kappa shape index (κ3) is 3.45. The second kappa shape index (κ2) is 6.97. The summed E-state index contributed by atoms with van der Waals surface area (Å²) in [7, 11) is 0. The highest BCUT2D eigenvalue weighted by Gasteiger charge is 2.21. The van der Waals surface area contributed by atoms with Crippen LogP contribution in [-0.4, -0.2) is 41.9 Å². The molecule has 0 radical (unpaired) electrons. The van der Waals surface area contributed by atoms with Crippen molar-refractivity contribution in [3.05, 3.63) is 23.8 Å². The summed E-state index contributed by atoms with van der Waals surface area (Å²) in [5.41, 5.74) is 0.650. The molecular weight excluding hydrogens is 322 g/mol. The number of rotatable bonds is 5. The van der Waals surface area contributed by atoms with Crippen LogP contribution in [0.15, 0.2) is 18.2 Å². The van der Waals surface area contributed by atoms with E-state index < -0.39 is 0 Å². The molecule has 0 spiro atoms. The molecule has 5 heteroatoms. The summed E-state index contributed by atoms with van der Waals surface area (Å²) in [5.74, 6) is 1.41. The molecular formula is C15H20BrNO3. The molecule has 110 valence electrons. The van der Waals surface area contributed by atoms with Crippen molar-refractivity contribution in [3.63, 3.8) is 0 Å². The first kappa shape index (κ1) is 15.2. The maximum atomic E-state index is 12.6. The van der Waals surface area contributed by atoms with Crippen LogP contribution in [0.3, 0.4) is 0 Å². The molecule has 0 N–H and O–H groups in total. The molecule has 0 aromatic heterocycles. The minimum Gasteiger partial charge on any atom is -0.486 e. The molecule has 1 heterocycles. The molecule has 4 nitrogen and oxygen atoms in total. The van der Waals surface area contributed by atoms with E-state index in [9.17, 15) is 4.79 Å². The number of carbonyl (C=O) groups is 1. The average molecular weight is 342 g/mol. The van der Waals surface area contributed by atoms with Crippen molar-refractivity contribution in [1.82, 2.24) is 4.90 Å². The van der Waals surface area contributed by atoms with Gasteiger partial charge in [-0.2, -0.15) is 0 Å². The van der Waals surface area contributed by atoms with E-state index >= 15 is 0 Å². The smallest absolute Gasteiger partial charge is 0.254 e. The van der Waals surface area contributed by atoms with E-state index in [2.05, 4.69) is 15.9 Å². The van der Waals surface area contributed by atoms with Gasteiger partial charge in [0.15, 0.2) is 11.5 Å². The van der Waals surface area contributed by atoms with E-state index in [4.69, 9.17) is 9.47 Å². The van der Waals surface area contributed by atoms with Gasteiger partial charge < -0.3 is 14.4 Å². The Balaban J connectivity index is 2.18. The van der Waals surface area contributed by atoms with E-state index in [1.165, 1.54) is 0 Å². The average Bonchev–Trinajstić information content (AvgIpc) is 2.46. The molecule has 0 saturated heterocycles. The molecule has 0 aliphatic carbocycles. The van der Waals surface area contributed by atoms with Crippen LogP contribution in [0.1, 0.15) is 30.6 Å². The molecule has 1 amide bonds. The summed E-state index contributed by atoms with van der Waals surface area (Å²) >= 11 is 3.41. The van der Waals surface area contributed by atoms with E-state index in [0.717, 1.165) is 18.3 Å². The Morgan fingerprint density at radius 1 is 1.30 bits per heavy atom. The van der Waals surface area contributed by atoms with Gasteiger partial charge >= 0.3 is 0 Å². The van der Waals surface area contributed by atoms with Crippen LogP contribution < -0.4 is 9.47 Å². The number of halogens is 1. The number of amides is 1. The van der Waals surface area contributed by atoms with Gasteiger partial charge in [0, 0.05) is 23.5 Å². The van der Waals surface area contributed by atoms with Crippen molar-refractivity contribution in [2.45, 2.75) is 26.3 Å². The molecule has 1 aromatic rings. The molecule has 1 aliphatic rings. The normalized spacial score (nSPS) is 13.4. The van der Waals surface area contributed by atoms with Gasteiger partial charge in [-0.05, 0) is 38.5 Å². The summed E-state index contributed by atoms with van der Waals surface area (Å²) in [6, 6.07) is 5.57. The molecule has 20 heavy (non-hydrogen) atoms. The number of nitrogens with zero attached hydrogens (tertiary/aromatic N) is 1. The highest BCUT2D eigenvalue weighted by atomic mass is 79.9. The fraction of sp³-hybridized carbons (Fsp3) is 0.533. The van der Waals surface area contributed by atoms with Crippen LogP contribution in [0.25, 0.3) is 0 Å². The predicted octanol–water partition coefficient (Wildman–Crippen LogP) is 3.09. The summed E-state index contributed by atoms with van der Waals surface area (Å²) in [4.78, 5) is 14.5. The maximum Gasteiger partial charge on any atom is 0.254 e. The Labute approximate surface area is 128 Å². The zero-order chi connectivity index (χ0) is 14.5. The van der Waals surface area contributed by atoms with Gasteiger partial charge in [-0.25, -0.2) is 0 Å². The molecule has 1 aromatic carbocycles. The summed E-state index contributed by atoms with van der Waals surface area (Å²) < 4.78 is 11.0. The zero-order valence-corrected chi connectivity index (χ0v) is 13.5. The first-order valence-corrected chi connectivity index (χ1v) is 8.02. The molecule has 0 saturated carbocycles. The monoisotopic (exact) mass is 341 g/mol. The van der Waals surface area contributed by atoms with Gasteiger partial charge in [-0.3, -0.25) is 4.79 Å². The number of fused-ring (bicyclic) bond motifs is 1. The SMILES string of the molecule is CC(C)N(CCCBr)C(=O)c1ccc2c(c1)OCCO2. The van der Waals surface area contributed by atoms with E-state index in [1.807, 2.05) is 24.8 Å². The van der Waals surface area contributed by atoms with Crippen molar-refractivity contribution in [3.8, 4) is 11.5 Å². The largest absolute Gasteiger partial charge is 0.486 e. The van der Waals surface area contributed by atoms with E-state index in [-0.39, 0.29) is 11.9 Å². The predicted molar refractivity (Wildman–Crippen MR) is 82.0 cm³/mol. The Bertz CT molecular complexity index is 476. The highest BCUT2D eigenvalue weighted by Crippen LogP contribution is 2.31. The molecule has 0 fully saturated rings. The number of benzene rings is 1. The topological polar surface area (TPSA) is 38.8 Å². The van der Waals surface area contributed by atoms with Crippen molar-refractivity contribution in [2.24, 2.45) is 0 Å². The first-order valence-electron chi connectivity index (χ1n) is 6.90. The van der Waals surface area contributed by atoms with E-state index in [0.29, 0.717) is 30.3 Å². The fourth-order valence-corrected chi connectivity index (χ4v) is 2.42. The Morgan fingerprint density at radius 3 is 2.65 bits per heavy atom. The number of alkyl halides is 1. The Morgan fingerprint density at radius 2 is 2.00 bits per heavy atom. The molecule has 1 aliphatic heterocycles. The van der Waals surface area contributed by atoms with Crippen LogP contribution in [0, 0.1) is 0 Å². The lowest BCUT2D eigenvalue weighted by atomic mass is 10.1. The van der Waals surface area contributed by atoms with Crippen molar-refractivity contribution < 1.29 is 14.3 Å². The lowest BCUT2D eigenvalue weighted by Gasteiger charge is -2.27. The summed E-state index contributed by atoms with van der Waals surface area (Å²) in [6.45, 7) is 5.90. The molecule has 0 atom stereocenters. The summed E-state index contributed by atoms with van der Waals surface area (Å²) in [5, 5.41) is 0.893. The molecule has 0 unspecified atom stereocenters. The second-order valence-electron chi connectivity index (χ2n) is 4.99. The van der Waals surface area contributed by atoms with Crippen molar-refractivity contribution in [2.75, 3.05) is 25.1 Å². The van der Waals surface area contributed by atoms with Crippen LogP contribution in [0.5, 0.6) is 11.5 Å². The van der Waals surface area contributed by atoms with Gasteiger partial charge in [-0.15, -0.1) is 0 Å². The first-order chi connectivity index (χ1) is 9.63. The lowest BCUT2D eigenvalue weighted by molar-refractivity contribution is 0.0705. The van der Waals surface area contributed by atoms with Crippen LogP contribution in [0.2, 0.25) is 0 Å². The number of hydrogen-bond acceptors (Lipinski definition) is 3. The highest BCUT2D eigenvalue weighted by molar-refractivity contribution is 9.09.